The van der Waals surface area contributed by atoms with Crippen LogP contribution in [0.2, 0.25) is 0 Å². The Morgan fingerprint density at radius 3 is 2.88 bits per heavy atom. The van der Waals surface area contributed by atoms with Crippen LogP contribution in [0.25, 0.3) is 0 Å². The number of hydrogen-bond acceptors (Lipinski definition) is 4. The lowest BCUT2D eigenvalue weighted by atomic mass is 10.2. The molecule has 1 heterocycles. The topological polar surface area (TPSA) is 74.7 Å². The Kier molecular flexibility index (Phi) is 5.42. The van der Waals surface area contributed by atoms with Gasteiger partial charge < -0.3 is 10.9 Å². The van der Waals surface area contributed by atoms with Gasteiger partial charge in [-0.25, -0.2) is 0 Å². The summed E-state index contributed by atoms with van der Waals surface area (Å²) in [6, 6.07) is 2.12. The highest BCUT2D eigenvalue weighted by atomic mass is 16.4. The smallest absolute Gasteiger partial charge is 0.140 e. The number of aryl methyl sites for hydroxylation is 1. The maximum atomic E-state index is 8.48. The van der Waals surface area contributed by atoms with Gasteiger partial charge in [-0.2, -0.15) is 0 Å². The predicted molar refractivity (Wildman–Crippen MR) is 68.0 cm³/mol. The zero-order chi connectivity index (χ0) is 12.7. The number of pyridine rings is 1. The van der Waals surface area contributed by atoms with Gasteiger partial charge in [-0.1, -0.05) is 18.1 Å². The van der Waals surface area contributed by atoms with Crippen molar-refractivity contribution in [2.24, 2.45) is 10.9 Å². The van der Waals surface area contributed by atoms with Gasteiger partial charge in [-0.15, -0.1) is 0 Å². The minimum Gasteiger partial charge on any atom is -0.409 e. The van der Waals surface area contributed by atoms with Crippen LogP contribution in [0.1, 0.15) is 24.5 Å². The van der Waals surface area contributed by atoms with E-state index in [1.54, 1.807) is 0 Å². The van der Waals surface area contributed by atoms with Crippen LogP contribution in [0.5, 0.6) is 0 Å². The molecule has 3 N–H and O–H groups in total. The molecule has 0 bridgehead atoms. The van der Waals surface area contributed by atoms with Crippen LogP contribution in [0.15, 0.2) is 23.6 Å². The van der Waals surface area contributed by atoms with E-state index in [1.807, 2.05) is 19.3 Å². The lowest BCUT2D eigenvalue weighted by molar-refractivity contribution is 0.282. The summed E-state index contributed by atoms with van der Waals surface area (Å²) < 4.78 is 0. The zero-order valence-electron chi connectivity index (χ0n) is 10.4. The quantitative estimate of drug-likeness (QED) is 0.338. The molecule has 0 radical (unpaired) electrons. The number of nitrogens with two attached hydrogens (primary N) is 1. The molecule has 0 atom stereocenters. The molecular weight excluding hydrogens is 216 g/mol. The van der Waals surface area contributed by atoms with E-state index in [9.17, 15) is 0 Å². The van der Waals surface area contributed by atoms with Crippen LogP contribution in [0.4, 0.5) is 0 Å². The SMILES string of the molecule is CCN(CC/C(N)=N/O)Cc1cncc(C)c1. The Labute approximate surface area is 102 Å². The Balaban J connectivity index is 2.52. The monoisotopic (exact) mass is 236 g/mol. The lowest BCUT2D eigenvalue weighted by Crippen LogP contribution is -2.27. The summed E-state index contributed by atoms with van der Waals surface area (Å²) in [7, 11) is 0. The van der Waals surface area contributed by atoms with Gasteiger partial charge in [0.1, 0.15) is 5.84 Å². The standard InChI is InChI=1S/C12H20N4O/c1-3-16(5-4-12(13)15-17)9-11-6-10(2)7-14-8-11/h6-8,17H,3-5,9H2,1-2H3,(H2,13,15). The molecule has 1 rings (SSSR count). The molecule has 0 spiro atoms. The van der Waals surface area contributed by atoms with E-state index >= 15 is 0 Å². The summed E-state index contributed by atoms with van der Waals surface area (Å²) in [6.45, 7) is 6.66. The van der Waals surface area contributed by atoms with Crippen molar-refractivity contribution < 1.29 is 5.21 Å². The molecule has 0 aliphatic heterocycles. The first-order chi connectivity index (χ1) is 8.15. The van der Waals surface area contributed by atoms with E-state index in [0.717, 1.165) is 25.2 Å². The average molecular weight is 236 g/mol. The van der Waals surface area contributed by atoms with Crippen LogP contribution >= 0.6 is 0 Å². The third-order valence-electron chi connectivity index (χ3n) is 2.60. The molecule has 0 aliphatic carbocycles. The first-order valence-electron chi connectivity index (χ1n) is 5.75. The van der Waals surface area contributed by atoms with E-state index in [2.05, 4.69) is 28.0 Å². The van der Waals surface area contributed by atoms with Crippen molar-refractivity contribution in [1.82, 2.24) is 9.88 Å². The maximum Gasteiger partial charge on any atom is 0.140 e. The van der Waals surface area contributed by atoms with Crippen molar-refractivity contribution in [2.45, 2.75) is 26.8 Å². The first kappa shape index (κ1) is 13.4. The number of amidine groups is 1. The molecule has 0 unspecified atom stereocenters. The predicted octanol–water partition coefficient (Wildman–Crippen LogP) is 1.35. The molecule has 0 amide bonds. The third-order valence-corrected chi connectivity index (χ3v) is 2.60. The largest absolute Gasteiger partial charge is 0.409 e. The fourth-order valence-corrected chi connectivity index (χ4v) is 1.63. The summed E-state index contributed by atoms with van der Waals surface area (Å²) in [5.74, 6) is 0.269. The lowest BCUT2D eigenvalue weighted by Gasteiger charge is -2.19. The van der Waals surface area contributed by atoms with Crippen molar-refractivity contribution in [1.29, 1.82) is 0 Å². The number of hydrogen-bond donors (Lipinski definition) is 2. The van der Waals surface area contributed by atoms with Crippen molar-refractivity contribution in [2.75, 3.05) is 13.1 Å². The van der Waals surface area contributed by atoms with Crippen molar-refractivity contribution in [3.63, 3.8) is 0 Å². The molecule has 0 saturated carbocycles. The molecule has 5 nitrogen and oxygen atoms in total. The van der Waals surface area contributed by atoms with E-state index in [0.29, 0.717) is 6.42 Å². The summed E-state index contributed by atoms with van der Waals surface area (Å²) in [4.78, 5) is 6.40. The van der Waals surface area contributed by atoms with E-state index in [4.69, 9.17) is 10.9 Å². The molecule has 5 heteroatoms. The van der Waals surface area contributed by atoms with Crippen molar-refractivity contribution >= 4 is 5.84 Å². The number of nitrogens with zero attached hydrogens (tertiary/aromatic N) is 3. The minimum atomic E-state index is 0.269. The molecule has 1 aromatic heterocycles. The fourth-order valence-electron chi connectivity index (χ4n) is 1.63. The number of oxime groups is 1. The van der Waals surface area contributed by atoms with Gasteiger partial charge in [-0.3, -0.25) is 9.88 Å². The van der Waals surface area contributed by atoms with E-state index < -0.39 is 0 Å². The summed E-state index contributed by atoms with van der Waals surface area (Å²) in [5, 5.41) is 11.5. The molecular formula is C12H20N4O. The van der Waals surface area contributed by atoms with Gasteiger partial charge >= 0.3 is 0 Å². The molecule has 0 fully saturated rings. The summed E-state index contributed by atoms with van der Waals surface area (Å²) in [6.07, 6.45) is 4.29. The number of aromatic nitrogens is 1. The highest BCUT2D eigenvalue weighted by Gasteiger charge is 2.05. The van der Waals surface area contributed by atoms with E-state index in [1.165, 1.54) is 5.56 Å². The highest BCUT2D eigenvalue weighted by molar-refractivity contribution is 5.79. The van der Waals surface area contributed by atoms with Crippen LogP contribution < -0.4 is 5.73 Å². The molecule has 0 aliphatic rings. The van der Waals surface area contributed by atoms with Gasteiger partial charge in [0.2, 0.25) is 0 Å². The normalized spacial score (nSPS) is 12.1. The van der Waals surface area contributed by atoms with Crippen LogP contribution in [0.3, 0.4) is 0 Å². The number of rotatable bonds is 6. The Morgan fingerprint density at radius 1 is 1.53 bits per heavy atom. The molecule has 0 aromatic carbocycles. The van der Waals surface area contributed by atoms with E-state index in [-0.39, 0.29) is 5.84 Å². The second-order valence-corrected chi connectivity index (χ2v) is 4.08. The van der Waals surface area contributed by atoms with Crippen LogP contribution in [-0.2, 0) is 6.54 Å². The summed E-state index contributed by atoms with van der Waals surface area (Å²) in [5.41, 5.74) is 7.80. The van der Waals surface area contributed by atoms with Crippen LogP contribution in [0, 0.1) is 6.92 Å². The Bertz CT molecular complexity index is 379. The molecule has 17 heavy (non-hydrogen) atoms. The van der Waals surface area contributed by atoms with Crippen molar-refractivity contribution in [3.8, 4) is 0 Å². The highest BCUT2D eigenvalue weighted by Crippen LogP contribution is 2.06. The van der Waals surface area contributed by atoms with Crippen LogP contribution in [-0.4, -0.2) is 34.0 Å². The summed E-state index contributed by atoms with van der Waals surface area (Å²) >= 11 is 0. The fraction of sp³-hybridized carbons (Fsp3) is 0.500. The Hall–Kier alpha value is -1.62. The zero-order valence-corrected chi connectivity index (χ0v) is 10.4. The second-order valence-electron chi connectivity index (χ2n) is 4.08. The molecule has 1 aromatic rings. The average Bonchev–Trinajstić information content (AvgIpc) is 2.34. The van der Waals surface area contributed by atoms with Crippen molar-refractivity contribution in [3.05, 3.63) is 29.6 Å². The third kappa shape index (κ3) is 4.82. The maximum absolute atomic E-state index is 8.48. The second kappa shape index (κ2) is 6.85. The van der Waals surface area contributed by atoms with Gasteiger partial charge in [0, 0.05) is 31.9 Å². The van der Waals surface area contributed by atoms with Gasteiger partial charge in [0.15, 0.2) is 0 Å². The van der Waals surface area contributed by atoms with Gasteiger partial charge in [-0.05, 0) is 24.6 Å². The molecule has 94 valence electrons. The van der Waals surface area contributed by atoms with Gasteiger partial charge in [0.25, 0.3) is 0 Å². The Morgan fingerprint density at radius 2 is 2.29 bits per heavy atom. The minimum absolute atomic E-state index is 0.269. The first-order valence-corrected chi connectivity index (χ1v) is 5.75. The van der Waals surface area contributed by atoms with Gasteiger partial charge in [0.05, 0.1) is 0 Å². The molecule has 0 saturated heterocycles.